The van der Waals surface area contributed by atoms with Gasteiger partial charge in [-0.25, -0.2) is 0 Å². The summed E-state index contributed by atoms with van der Waals surface area (Å²) in [7, 11) is 0. The molecule has 84 valence electrons. The third kappa shape index (κ3) is 3.54. The van der Waals surface area contributed by atoms with Crippen LogP contribution in [0.4, 0.5) is 0 Å². The second kappa shape index (κ2) is 4.98. The minimum Gasteiger partial charge on any atom is -0.300 e. The fourth-order valence-electron chi connectivity index (χ4n) is 2.19. The van der Waals surface area contributed by atoms with E-state index < -0.39 is 0 Å². The van der Waals surface area contributed by atoms with E-state index in [0.29, 0.717) is 5.41 Å². The molecule has 1 saturated heterocycles. The largest absolute Gasteiger partial charge is 0.300 e. The van der Waals surface area contributed by atoms with Crippen LogP contribution < -0.4 is 0 Å². The van der Waals surface area contributed by atoms with Crippen molar-refractivity contribution in [2.24, 2.45) is 11.3 Å². The molecule has 1 rings (SSSR count). The lowest BCUT2D eigenvalue weighted by Crippen LogP contribution is -2.46. The molecule has 0 spiro atoms. The van der Waals surface area contributed by atoms with E-state index in [2.05, 4.69) is 48.5 Å². The van der Waals surface area contributed by atoms with Crippen LogP contribution in [-0.4, -0.2) is 29.4 Å². The Bertz CT molecular complexity index is 179. The third-order valence-electron chi connectivity index (χ3n) is 3.24. The average molecular weight is 262 g/mol. The molecule has 0 N–H and O–H groups in total. The Balaban J connectivity index is 2.49. The van der Waals surface area contributed by atoms with E-state index in [4.69, 9.17) is 0 Å². The maximum Gasteiger partial charge on any atom is 0.00949 e. The number of piperidine rings is 1. The molecule has 1 fully saturated rings. The van der Waals surface area contributed by atoms with Crippen molar-refractivity contribution in [3.8, 4) is 0 Å². The highest BCUT2D eigenvalue weighted by molar-refractivity contribution is 9.09. The molecule has 2 heteroatoms. The second-order valence-corrected chi connectivity index (χ2v) is 6.32. The Kier molecular flexibility index (Phi) is 4.45. The molecule has 2 unspecified atom stereocenters. The molecule has 0 amide bonds. The third-order valence-corrected chi connectivity index (χ3v) is 4.76. The van der Waals surface area contributed by atoms with E-state index >= 15 is 0 Å². The van der Waals surface area contributed by atoms with E-state index in [1.54, 1.807) is 0 Å². The molecule has 0 radical (unpaired) electrons. The van der Waals surface area contributed by atoms with Crippen LogP contribution in [0.2, 0.25) is 0 Å². The van der Waals surface area contributed by atoms with Crippen LogP contribution in [0, 0.1) is 11.3 Å². The van der Waals surface area contributed by atoms with Gasteiger partial charge in [-0.15, -0.1) is 0 Å². The second-order valence-electron chi connectivity index (χ2n) is 5.76. The Morgan fingerprint density at radius 1 is 1.29 bits per heavy atom. The van der Waals surface area contributed by atoms with Gasteiger partial charge in [0.05, 0.1) is 0 Å². The lowest BCUT2D eigenvalue weighted by Gasteiger charge is -2.41. The standard InChI is InChI=1S/C12H24BrN/c1-10-5-6-11(2)14(7-10)9-12(3,4)8-13/h10-11H,5-9H2,1-4H3. The number of hydrogen-bond donors (Lipinski definition) is 0. The first kappa shape index (κ1) is 12.5. The van der Waals surface area contributed by atoms with Gasteiger partial charge in [0.1, 0.15) is 0 Å². The molecule has 0 aromatic heterocycles. The van der Waals surface area contributed by atoms with E-state index in [1.165, 1.54) is 25.9 Å². The number of alkyl halides is 1. The maximum atomic E-state index is 3.61. The zero-order valence-electron chi connectivity index (χ0n) is 10.0. The minimum absolute atomic E-state index is 0.408. The Morgan fingerprint density at radius 3 is 2.50 bits per heavy atom. The molecule has 14 heavy (non-hydrogen) atoms. The van der Waals surface area contributed by atoms with Gasteiger partial charge in [-0.1, -0.05) is 36.7 Å². The van der Waals surface area contributed by atoms with Gasteiger partial charge in [-0.2, -0.15) is 0 Å². The van der Waals surface area contributed by atoms with Crippen molar-refractivity contribution < 1.29 is 0 Å². The van der Waals surface area contributed by atoms with Gasteiger partial charge < -0.3 is 0 Å². The van der Waals surface area contributed by atoms with Crippen molar-refractivity contribution in [1.29, 1.82) is 0 Å². The van der Waals surface area contributed by atoms with E-state index in [1.807, 2.05) is 0 Å². The predicted molar refractivity (Wildman–Crippen MR) is 67.0 cm³/mol. The first-order valence-electron chi connectivity index (χ1n) is 5.74. The van der Waals surface area contributed by atoms with Gasteiger partial charge in [0.25, 0.3) is 0 Å². The molecule has 1 aliphatic heterocycles. The van der Waals surface area contributed by atoms with Crippen molar-refractivity contribution in [3.05, 3.63) is 0 Å². The van der Waals surface area contributed by atoms with Crippen molar-refractivity contribution in [2.75, 3.05) is 18.4 Å². The molecular weight excluding hydrogens is 238 g/mol. The molecule has 2 atom stereocenters. The summed E-state index contributed by atoms with van der Waals surface area (Å²) in [6.07, 6.45) is 2.78. The first-order valence-corrected chi connectivity index (χ1v) is 6.87. The fourth-order valence-corrected chi connectivity index (χ4v) is 2.37. The summed E-state index contributed by atoms with van der Waals surface area (Å²) in [5, 5.41) is 1.09. The zero-order chi connectivity index (χ0) is 10.8. The number of hydrogen-bond acceptors (Lipinski definition) is 1. The maximum absolute atomic E-state index is 3.61. The smallest absolute Gasteiger partial charge is 0.00949 e. The van der Waals surface area contributed by atoms with Crippen LogP contribution in [0.15, 0.2) is 0 Å². The van der Waals surface area contributed by atoms with Gasteiger partial charge in [-0.05, 0) is 31.1 Å². The monoisotopic (exact) mass is 261 g/mol. The lowest BCUT2D eigenvalue weighted by molar-refractivity contribution is 0.0883. The average Bonchev–Trinajstić information content (AvgIpc) is 2.11. The highest BCUT2D eigenvalue weighted by Gasteiger charge is 2.27. The van der Waals surface area contributed by atoms with Crippen molar-refractivity contribution in [3.63, 3.8) is 0 Å². The molecule has 1 heterocycles. The van der Waals surface area contributed by atoms with Gasteiger partial charge >= 0.3 is 0 Å². The Morgan fingerprint density at radius 2 is 1.93 bits per heavy atom. The van der Waals surface area contributed by atoms with Crippen molar-refractivity contribution in [2.45, 2.75) is 46.6 Å². The summed E-state index contributed by atoms with van der Waals surface area (Å²) in [4.78, 5) is 2.66. The van der Waals surface area contributed by atoms with Gasteiger partial charge in [0, 0.05) is 24.5 Å². The quantitative estimate of drug-likeness (QED) is 0.703. The van der Waals surface area contributed by atoms with Crippen LogP contribution in [0.5, 0.6) is 0 Å². The van der Waals surface area contributed by atoms with E-state index in [0.717, 1.165) is 17.3 Å². The Labute approximate surface area is 97.4 Å². The van der Waals surface area contributed by atoms with Crippen molar-refractivity contribution in [1.82, 2.24) is 4.90 Å². The van der Waals surface area contributed by atoms with Crippen LogP contribution in [0.25, 0.3) is 0 Å². The van der Waals surface area contributed by atoms with Crippen LogP contribution in [-0.2, 0) is 0 Å². The molecular formula is C12H24BrN. The minimum atomic E-state index is 0.408. The molecule has 0 aliphatic carbocycles. The summed E-state index contributed by atoms with van der Waals surface area (Å²) >= 11 is 3.61. The molecule has 0 bridgehead atoms. The van der Waals surface area contributed by atoms with E-state index in [9.17, 15) is 0 Å². The highest BCUT2D eigenvalue weighted by atomic mass is 79.9. The SMILES string of the molecule is CC1CCC(C)N(CC(C)(C)CBr)C1. The van der Waals surface area contributed by atoms with Crippen LogP contribution in [0.1, 0.15) is 40.5 Å². The Hall–Kier alpha value is 0.440. The summed E-state index contributed by atoms with van der Waals surface area (Å²) < 4.78 is 0. The summed E-state index contributed by atoms with van der Waals surface area (Å²) in [6, 6.07) is 0.782. The van der Waals surface area contributed by atoms with Crippen LogP contribution in [0.3, 0.4) is 0 Å². The predicted octanol–water partition coefficient (Wildman–Crippen LogP) is 3.53. The van der Waals surface area contributed by atoms with Crippen LogP contribution >= 0.6 is 15.9 Å². The summed E-state index contributed by atoms with van der Waals surface area (Å²) in [6.45, 7) is 11.9. The van der Waals surface area contributed by atoms with E-state index in [-0.39, 0.29) is 0 Å². The zero-order valence-corrected chi connectivity index (χ0v) is 11.6. The highest BCUT2D eigenvalue weighted by Crippen LogP contribution is 2.27. The molecule has 0 aromatic rings. The van der Waals surface area contributed by atoms with Gasteiger partial charge in [-0.3, -0.25) is 4.90 Å². The number of likely N-dealkylation sites (tertiary alicyclic amines) is 1. The molecule has 0 saturated carbocycles. The summed E-state index contributed by atoms with van der Waals surface area (Å²) in [5.41, 5.74) is 0.408. The first-order chi connectivity index (χ1) is 6.44. The van der Waals surface area contributed by atoms with Gasteiger partial charge in [0.2, 0.25) is 0 Å². The number of rotatable bonds is 3. The number of nitrogens with zero attached hydrogens (tertiary/aromatic N) is 1. The van der Waals surface area contributed by atoms with Crippen molar-refractivity contribution >= 4 is 15.9 Å². The molecule has 0 aromatic carbocycles. The normalized spacial score (nSPS) is 30.6. The fraction of sp³-hybridized carbons (Fsp3) is 1.00. The summed E-state index contributed by atoms with van der Waals surface area (Å²) in [5.74, 6) is 0.886. The number of halogens is 1. The molecule has 1 nitrogen and oxygen atoms in total. The topological polar surface area (TPSA) is 3.24 Å². The van der Waals surface area contributed by atoms with Gasteiger partial charge in [0.15, 0.2) is 0 Å². The molecule has 1 aliphatic rings. The lowest BCUT2D eigenvalue weighted by atomic mass is 9.90.